The normalized spacial score (nSPS) is 12.1. The van der Waals surface area contributed by atoms with Crippen LogP contribution in [0.3, 0.4) is 0 Å². The van der Waals surface area contributed by atoms with Crippen LogP contribution in [0, 0.1) is 0 Å². The van der Waals surface area contributed by atoms with Gasteiger partial charge < -0.3 is 14.4 Å². The highest BCUT2D eigenvalue weighted by molar-refractivity contribution is 5.93. The zero-order chi connectivity index (χ0) is 17.6. The second kappa shape index (κ2) is 7.81. The standard InChI is InChI=1S/C19H21N3O3/c1-2-22-13-16(11-20-22)19(24)21(12-15-7-4-3-5-8-15)14-17(23)18-9-6-10-25-18/h3-11,13,17,23H,2,12,14H2,1H3. The molecule has 0 fully saturated rings. The number of rotatable bonds is 7. The van der Waals surface area contributed by atoms with Gasteiger partial charge in [-0.05, 0) is 24.6 Å². The lowest BCUT2D eigenvalue weighted by Crippen LogP contribution is -2.34. The first-order valence-corrected chi connectivity index (χ1v) is 8.24. The maximum atomic E-state index is 12.9. The molecule has 6 heteroatoms. The third kappa shape index (κ3) is 4.16. The van der Waals surface area contributed by atoms with Crippen molar-refractivity contribution in [2.24, 2.45) is 0 Å². The number of amides is 1. The monoisotopic (exact) mass is 339 g/mol. The SMILES string of the molecule is CCn1cc(C(=O)N(Cc2ccccc2)CC(O)c2ccco2)cn1. The molecule has 0 saturated heterocycles. The van der Waals surface area contributed by atoms with Crippen molar-refractivity contribution in [2.45, 2.75) is 26.1 Å². The molecule has 25 heavy (non-hydrogen) atoms. The molecule has 6 nitrogen and oxygen atoms in total. The summed E-state index contributed by atoms with van der Waals surface area (Å²) in [5, 5.41) is 14.6. The molecule has 1 N–H and O–H groups in total. The summed E-state index contributed by atoms with van der Waals surface area (Å²) < 4.78 is 6.95. The molecule has 2 aromatic heterocycles. The van der Waals surface area contributed by atoms with Gasteiger partial charge in [-0.2, -0.15) is 5.10 Å². The van der Waals surface area contributed by atoms with E-state index >= 15 is 0 Å². The van der Waals surface area contributed by atoms with Gasteiger partial charge in [-0.15, -0.1) is 0 Å². The van der Waals surface area contributed by atoms with Crippen molar-refractivity contribution >= 4 is 5.91 Å². The van der Waals surface area contributed by atoms with E-state index in [1.807, 2.05) is 37.3 Å². The maximum absolute atomic E-state index is 12.9. The fourth-order valence-electron chi connectivity index (χ4n) is 2.63. The summed E-state index contributed by atoms with van der Waals surface area (Å²) in [7, 11) is 0. The maximum Gasteiger partial charge on any atom is 0.257 e. The molecule has 0 aliphatic rings. The Morgan fingerprint density at radius 2 is 2.08 bits per heavy atom. The summed E-state index contributed by atoms with van der Waals surface area (Å²) in [4.78, 5) is 14.5. The summed E-state index contributed by atoms with van der Waals surface area (Å²) in [5.41, 5.74) is 1.50. The van der Waals surface area contributed by atoms with E-state index in [4.69, 9.17) is 4.42 Å². The summed E-state index contributed by atoms with van der Waals surface area (Å²) in [6.07, 6.45) is 3.90. The molecule has 1 atom stereocenters. The lowest BCUT2D eigenvalue weighted by molar-refractivity contribution is 0.0563. The Balaban J connectivity index is 1.81. The third-order valence-electron chi connectivity index (χ3n) is 3.97. The Morgan fingerprint density at radius 3 is 2.72 bits per heavy atom. The fourth-order valence-corrected chi connectivity index (χ4v) is 2.63. The van der Waals surface area contributed by atoms with Crippen molar-refractivity contribution < 1.29 is 14.3 Å². The Bertz CT molecular complexity index is 796. The van der Waals surface area contributed by atoms with Gasteiger partial charge in [0.25, 0.3) is 5.91 Å². The number of hydrogen-bond donors (Lipinski definition) is 1. The third-order valence-corrected chi connectivity index (χ3v) is 3.97. The molecule has 1 aromatic carbocycles. The fraction of sp³-hybridized carbons (Fsp3) is 0.263. The topological polar surface area (TPSA) is 71.5 Å². The van der Waals surface area contributed by atoms with E-state index in [-0.39, 0.29) is 12.5 Å². The molecule has 0 saturated carbocycles. The van der Waals surface area contributed by atoms with Crippen LogP contribution in [0.1, 0.15) is 34.7 Å². The molecule has 2 heterocycles. The molecule has 0 aliphatic carbocycles. The Kier molecular flexibility index (Phi) is 5.30. The van der Waals surface area contributed by atoms with E-state index in [0.717, 1.165) is 5.56 Å². The van der Waals surface area contributed by atoms with E-state index in [0.29, 0.717) is 24.4 Å². The van der Waals surface area contributed by atoms with Crippen molar-refractivity contribution in [1.29, 1.82) is 0 Å². The van der Waals surface area contributed by atoms with Gasteiger partial charge in [-0.3, -0.25) is 9.48 Å². The molecule has 0 spiro atoms. The van der Waals surface area contributed by atoms with E-state index in [9.17, 15) is 9.90 Å². The Labute approximate surface area is 146 Å². The van der Waals surface area contributed by atoms with Crippen LogP contribution in [0.4, 0.5) is 0 Å². The number of carbonyl (C=O) groups is 1. The lowest BCUT2D eigenvalue weighted by atomic mass is 10.1. The second-order valence-corrected chi connectivity index (χ2v) is 5.79. The van der Waals surface area contributed by atoms with E-state index in [1.54, 1.807) is 34.1 Å². The number of aromatic nitrogens is 2. The largest absolute Gasteiger partial charge is 0.467 e. The number of carbonyl (C=O) groups excluding carboxylic acids is 1. The highest BCUT2D eigenvalue weighted by Gasteiger charge is 2.22. The minimum atomic E-state index is -0.885. The van der Waals surface area contributed by atoms with Crippen LogP contribution in [-0.4, -0.2) is 32.2 Å². The number of nitrogens with zero attached hydrogens (tertiary/aromatic N) is 3. The van der Waals surface area contributed by atoms with Gasteiger partial charge in [-0.25, -0.2) is 0 Å². The number of benzene rings is 1. The van der Waals surface area contributed by atoms with Gasteiger partial charge in [-0.1, -0.05) is 30.3 Å². The minimum Gasteiger partial charge on any atom is -0.467 e. The van der Waals surface area contributed by atoms with E-state index in [2.05, 4.69) is 5.10 Å². The first-order chi connectivity index (χ1) is 12.2. The number of hydrogen-bond acceptors (Lipinski definition) is 4. The summed E-state index contributed by atoms with van der Waals surface area (Å²) in [5.74, 6) is 0.268. The molecule has 0 radical (unpaired) electrons. The number of furan rings is 1. The molecule has 3 aromatic rings. The van der Waals surface area contributed by atoms with Gasteiger partial charge in [0.05, 0.1) is 24.6 Å². The lowest BCUT2D eigenvalue weighted by Gasteiger charge is -2.24. The summed E-state index contributed by atoms with van der Waals surface area (Å²) in [6.45, 7) is 3.19. The van der Waals surface area contributed by atoms with Gasteiger partial charge in [0.2, 0.25) is 0 Å². The predicted octanol–water partition coefficient (Wildman–Crippen LogP) is 2.87. The Hall–Kier alpha value is -2.86. The smallest absolute Gasteiger partial charge is 0.257 e. The summed E-state index contributed by atoms with van der Waals surface area (Å²) in [6, 6.07) is 13.1. The van der Waals surface area contributed by atoms with Crippen LogP contribution in [0.2, 0.25) is 0 Å². The van der Waals surface area contributed by atoms with Crippen molar-refractivity contribution in [1.82, 2.24) is 14.7 Å². The van der Waals surface area contributed by atoms with Crippen molar-refractivity contribution in [3.63, 3.8) is 0 Å². The van der Waals surface area contributed by atoms with Crippen LogP contribution in [-0.2, 0) is 13.1 Å². The number of aryl methyl sites for hydroxylation is 1. The second-order valence-electron chi connectivity index (χ2n) is 5.79. The van der Waals surface area contributed by atoms with Crippen LogP contribution in [0.5, 0.6) is 0 Å². The van der Waals surface area contributed by atoms with Gasteiger partial charge in [0.15, 0.2) is 0 Å². The Morgan fingerprint density at radius 1 is 1.28 bits per heavy atom. The minimum absolute atomic E-state index is 0.137. The first-order valence-electron chi connectivity index (χ1n) is 8.24. The molecule has 3 rings (SSSR count). The van der Waals surface area contributed by atoms with E-state index in [1.165, 1.54) is 6.26 Å². The molecule has 1 amide bonds. The molecule has 0 bridgehead atoms. The van der Waals surface area contributed by atoms with Gasteiger partial charge in [0, 0.05) is 19.3 Å². The summed E-state index contributed by atoms with van der Waals surface area (Å²) >= 11 is 0. The number of aliphatic hydroxyl groups is 1. The zero-order valence-corrected chi connectivity index (χ0v) is 14.1. The quantitative estimate of drug-likeness (QED) is 0.718. The average molecular weight is 339 g/mol. The average Bonchev–Trinajstić information content (AvgIpc) is 3.33. The van der Waals surface area contributed by atoms with Gasteiger partial charge in [0.1, 0.15) is 11.9 Å². The molecule has 0 aliphatic heterocycles. The van der Waals surface area contributed by atoms with Crippen molar-refractivity contribution in [2.75, 3.05) is 6.54 Å². The number of aliphatic hydroxyl groups excluding tert-OH is 1. The van der Waals surface area contributed by atoms with Crippen LogP contribution < -0.4 is 0 Å². The highest BCUT2D eigenvalue weighted by atomic mass is 16.4. The van der Waals surface area contributed by atoms with Crippen LogP contribution in [0.15, 0.2) is 65.5 Å². The van der Waals surface area contributed by atoms with Crippen molar-refractivity contribution in [3.8, 4) is 0 Å². The molecule has 1 unspecified atom stereocenters. The molecule has 130 valence electrons. The molecular weight excluding hydrogens is 318 g/mol. The first kappa shape index (κ1) is 17.0. The zero-order valence-electron chi connectivity index (χ0n) is 14.1. The van der Waals surface area contributed by atoms with Crippen LogP contribution >= 0.6 is 0 Å². The predicted molar refractivity (Wildman–Crippen MR) is 92.8 cm³/mol. The van der Waals surface area contributed by atoms with Crippen molar-refractivity contribution in [3.05, 3.63) is 78.0 Å². The van der Waals surface area contributed by atoms with E-state index < -0.39 is 6.10 Å². The van der Waals surface area contributed by atoms with Crippen LogP contribution in [0.25, 0.3) is 0 Å². The van der Waals surface area contributed by atoms with Gasteiger partial charge >= 0.3 is 0 Å². The highest BCUT2D eigenvalue weighted by Crippen LogP contribution is 2.18. The molecular formula is C19H21N3O3.